The molecule has 1 saturated carbocycles. The second-order valence-corrected chi connectivity index (χ2v) is 6.42. The van der Waals surface area contributed by atoms with Crippen LogP contribution in [-0.4, -0.2) is 17.6 Å². The van der Waals surface area contributed by atoms with E-state index in [0.29, 0.717) is 6.04 Å². The highest BCUT2D eigenvalue weighted by molar-refractivity contribution is 5.75. The van der Waals surface area contributed by atoms with Crippen molar-refractivity contribution in [3.8, 4) is 0 Å². The van der Waals surface area contributed by atoms with Crippen molar-refractivity contribution in [2.45, 2.75) is 45.6 Å². The topological polar surface area (TPSA) is 24.9 Å². The van der Waals surface area contributed by atoms with Crippen LogP contribution in [0.25, 0.3) is 5.57 Å². The lowest BCUT2D eigenvalue weighted by Crippen LogP contribution is -2.33. The summed E-state index contributed by atoms with van der Waals surface area (Å²) in [5, 5.41) is 3.71. The second kappa shape index (κ2) is 8.70. The molecule has 0 atom stereocenters. The van der Waals surface area contributed by atoms with Crippen molar-refractivity contribution in [2.75, 3.05) is 6.54 Å². The van der Waals surface area contributed by atoms with Crippen LogP contribution in [-0.2, 0) is 0 Å². The predicted molar refractivity (Wildman–Crippen MR) is 95.6 cm³/mol. The third kappa shape index (κ3) is 5.27. The highest BCUT2D eigenvalue weighted by Crippen LogP contribution is 2.23. The van der Waals surface area contributed by atoms with Gasteiger partial charge in [0.25, 0.3) is 0 Å². The molecule has 0 radical (unpaired) electrons. The van der Waals surface area contributed by atoms with Gasteiger partial charge < -0.3 is 5.32 Å². The number of rotatable bonds is 6. The molecule has 2 heteroatoms. The average molecular weight is 296 g/mol. The molecule has 1 heterocycles. The molecule has 1 N–H and O–H groups in total. The minimum Gasteiger partial charge on any atom is -0.310 e. The standard InChI is InChI=1S/C20H28N2/c1-4-5-19(18-10-12-21-13-11-18)14-17(3)15-22-20-8-6-16(2)7-9-20/h4-5,10-14,16,20,22H,1,6-9,15H2,2-3H3/b17-14+,19-5+. The van der Waals surface area contributed by atoms with Gasteiger partial charge in [-0.3, -0.25) is 4.98 Å². The normalized spacial score (nSPS) is 23.4. The molecule has 0 bridgehead atoms. The molecule has 0 unspecified atom stereocenters. The summed E-state index contributed by atoms with van der Waals surface area (Å²) in [5.74, 6) is 0.906. The molecule has 0 amide bonds. The van der Waals surface area contributed by atoms with Crippen LogP contribution in [0.15, 0.2) is 54.9 Å². The monoisotopic (exact) mass is 296 g/mol. The van der Waals surface area contributed by atoms with Crippen LogP contribution in [0.2, 0.25) is 0 Å². The summed E-state index contributed by atoms with van der Waals surface area (Å²) >= 11 is 0. The van der Waals surface area contributed by atoms with Crippen LogP contribution in [0.3, 0.4) is 0 Å². The first-order valence-corrected chi connectivity index (χ1v) is 8.32. The van der Waals surface area contributed by atoms with Crippen molar-refractivity contribution in [1.82, 2.24) is 10.3 Å². The van der Waals surface area contributed by atoms with Crippen molar-refractivity contribution in [1.29, 1.82) is 0 Å². The fraction of sp³-hybridized carbons (Fsp3) is 0.450. The Bertz CT molecular complexity index is 520. The average Bonchev–Trinajstić information content (AvgIpc) is 2.55. The van der Waals surface area contributed by atoms with E-state index < -0.39 is 0 Å². The first-order chi connectivity index (χ1) is 10.7. The Morgan fingerprint density at radius 2 is 1.95 bits per heavy atom. The van der Waals surface area contributed by atoms with E-state index in [1.54, 1.807) is 0 Å². The van der Waals surface area contributed by atoms with Crippen LogP contribution >= 0.6 is 0 Å². The molecule has 1 aliphatic carbocycles. The lowest BCUT2D eigenvalue weighted by molar-refractivity contribution is 0.313. The molecule has 0 saturated heterocycles. The maximum Gasteiger partial charge on any atom is 0.0273 e. The van der Waals surface area contributed by atoms with Crippen molar-refractivity contribution in [3.05, 3.63) is 60.5 Å². The SMILES string of the molecule is C=C/C=C(\C=C(/C)CNC1CCC(C)CC1)c1ccncc1. The van der Waals surface area contributed by atoms with Gasteiger partial charge in [0.15, 0.2) is 0 Å². The number of hydrogen-bond acceptors (Lipinski definition) is 2. The first-order valence-electron chi connectivity index (χ1n) is 8.32. The Kier molecular flexibility index (Phi) is 6.60. The molecule has 1 aromatic heterocycles. The zero-order chi connectivity index (χ0) is 15.8. The second-order valence-electron chi connectivity index (χ2n) is 6.42. The van der Waals surface area contributed by atoms with E-state index in [-0.39, 0.29) is 0 Å². The zero-order valence-electron chi connectivity index (χ0n) is 13.9. The van der Waals surface area contributed by atoms with Crippen LogP contribution in [0, 0.1) is 5.92 Å². The summed E-state index contributed by atoms with van der Waals surface area (Å²) in [4.78, 5) is 4.08. The maximum atomic E-state index is 4.08. The van der Waals surface area contributed by atoms with E-state index >= 15 is 0 Å². The summed E-state index contributed by atoms with van der Waals surface area (Å²) in [5.41, 5.74) is 3.72. The Morgan fingerprint density at radius 3 is 2.59 bits per heavy atom. The Morgan fingerprint density at radius 1 is 1.27 bits per heavy atom. The molecule has 118 valence electrons. The van der Waals surface area contributed by atoms with Gasteiger partial charge in [-0.2, -0.15) is 0 Å². The Hall–Kier alpha value is -1.67. The minimum absolute atomic E-state index is 0.687. The Balaban J connectivity index is 1.94. The smallest absolute Gasteiger partial charge is 0.0273 e. The van der Waals surface area contributed by atoms with Gasteiger partial charge in [0, 0.05) is 25.0 Å². The molecule has 1 aromatic rings. The largest absolute Gasteiger partial charge is 0.310 e. The van der Waals surface area contributed by atoms with E-state index in [0.717, 1.165) is 12.5 Å². The van der Waals surface area contributed by atoms with Gasteiger partial charge in [-0.05, 0) is 61.8 Å². The van der Waals surface area contributed by atoms with Crippen LogP contribution in [0.5, 0.6) is 0 Å². The van der Waals surface area contributed by atoms with Gasteiger partial charge >= 0.3 is 0 Å². The van der Waals surface area contributed by atoms with E-state index in [1.807, 2.05) is 30.6 Å². The molecule has 2 rings (SSSR count). The van der Waals surface area contributed by atoms with Gasteiger partial charge in [-0.15, -0.1) is 0 Å². The lowest BCUT2D eigenvalue weighted by Gasteiger charge is -2.27. The van der Waals surface area contributed by atoms with Gasteiger partial charge in [0.2, 0.25) is 0 Å². The fourth-order valence-electron chi connectivity index (χ4n) is 2.99. The van der Waals surface area contributed by atoms with E-state index in [9.17, 15) is 0 Å². The summed E-state index contributed by atoms with van der Waals surface area (Å²) in [6.07, 6.45) is 15.2. The van der Waals surface area contributed by atoms with Gasteiger partial charge in [-0.25, -0.2) is 0 Å². The van der Waals surface area contributed by atoms with Crippen LogP contribution < -0.4 is 5.32 Å². The number of nitrogens with zero attached hydrogens (tertiary/aromatic N) is 1. The quantitative estimate of drug-likeness (QED) is 0.765. The van der Waals surface area contributed by atoms with Gasteiger partial charge in [0.05, 0.1) is 0 Å². The molecule has 2 nitrogen and oxygen atoms in total. The molecule has 0 aromatic carbocycles. The molecular weight excluding hydrogens is 268 g/mol. The summed E-state index contributed by atoms with van der Waals surface area (Å²) in [7, 11) is 0. The van der Waals surface area contributed by atoms with E-state index in [4.69, 9.17) is 0 Å². The number of hydrogen-bond donors (Lipinski definition) is 1. The van der Waals surface area contributed by atoms with Gasteiger partial charge in [-0.1, -0.05) is 37.3 Å². The molecule has 0 spiro atoms. The minimum atomic E-state index is 0.687. The lowest BCUT2D eigenvalue weighted by atomic mass is 9.87. The van der Waals surface area contributed by atoms with Crippen LogP contribution in [0.4, 0.5) is 0 Å². The predicted octanol–water partition coefficient (Wildman–Crippen LogP) is 4.77. The van der Waals surface area contributed by atoms with Crippen LogP contribution in [0.1, 0.15) is 45.1 Å². The first kappa shape index (κ1) is 16.7. The fourth-order valence-corrected chi connectivity index (χ4v) is 2.99. The van der Waals surface area contributed by atoms with E-state index in [2.05, 4.69) is 42.9 Å². The Labute approximate surface area is 135 Å². The summed E-state index contributed by atoms with van der Waals surface area (Å²) in [6, 6.07) is 4.76. The molecule has 22 heavy (non-hydrogen) atoms. The third-order valence-corrected chi connectivity index (χ3v) is 4.40. The summed E-state index contributed by atoms with van der Waals surface area (Å²) in [6.45, 7) is 9.33. The van der Waals surface area contributed by atoms with Crippen molar-refractivity contribution >= 4 is 5.57 Å². The highest BCUT2D eigenvalue weighted by Gasteiger charge is 2.17. The number of nitrogens with one attached hydrogen (secondary N) is 1. The molecule has 1 aliphatic rings. The van der Waals surface area contributed by atoms with E-state index in [1.165, 1.54) is 42.4 Å². The van der Waals surface area contributed by atoms with Gasteiger partial charge in [0.1, 0.15) is 0 Å². The zero-order valence-corrected chi connectivity index (χ0v) is 13.9. The molecule has 1 fully saturated rings. The number of aromatic nitrogens is 1. The highest BCUT2D eigenvalue weighted by atomic mass is 14.9. The maximum absolute atomic E-state index is 4.08. The molecular formula is C20H28N2. The van der Waals surface area contributed by atoms with Crippen molar-refractivity contribution in [2.24, 2.45) is 5.92 Å². The number of pyridine rings is 1. The summed E-state index contributed by atoms with van der Waals surface area (Å²) < 4.78 is 0. The molecule has 0 aliphatic heterocycles. The van der Waals surface area contributed by atoms with Crippen molar-refractivity contribution < 1.29 is 0 Å². The third-order valence-electron chi connectivity index (χ3n) is 4.40. The van der Waals surface area contributed by atoms with Crippen molar-refractivity contribution in [3.63, 3.8) is 0 Å². The number of allylic oxidation sites excluding steroid dienone is 4.